The van der Waals surface area contributed by atoms with Crippen molar-refractivity contribution < 1.29 is 4.79 Å². The average molecular weight is 507 g/mol. The summed E-state index contributed by atoms with van der Waals surface area (Å²) in [5.74, 6) is 0.645. The van der Waals surface area contributed by atoms with Crippen molar-refractivity contribution in [3.8, 4) is 11.1 Å². The van der Waals surface area contributed by atoms with Crippen molar-refractivity contribution in [1.82, 2.24) is 29.3 Å². The normalized spacial score (nSPS) is 18.8. The molecule has 9 nitrogen and oxygen atoms in total. The lowest BCUT2D eigenvalue weighted by atomic mass is 9.93. The number of nitrogens with two attached hydrogens (primary N) is 2. The van der Waals surface area contributed by atoms with E-state index in [-0.39, 0.29) is 11.8 Å². The maximum Gasteiger partial charge on any atom is 0.242 e. The largest absolute Gasteiger partial charge is 0.382 e. The number of nitrogen functional groups attached to an aromatic ring is 1. The lowest BCUT2D eigenvalue weighted by Crippen LogP contribution is -2.49. The molecule has 3 aromatic heterocycles. The van der Waals surface area contributed by atoms with Crippen LogP contribution in [0.15, 0.2) is 67.1 Å². The van der Waals surface area contributed by atoms with Crippen LogP contribution < -0.4 is 11.5 Å². The third-order valence-electron chi connectivity index (χ3n) is 8.00. The summed E-state index contributed by atoms with van der Waals surface area (Å²) in [6.07, 6.45) is 7.02. The number of hydrogen-bond donors (Lipinski definition) is 2. The predicted octanol–water partition coefficient (Wildman–Crippen LogP) is 3.57. The van der Waals surface area contributed by atoms with E-state index in [1.165, 1.54) is 11.9 Å². The minimum Gasteiger partial charge on any atom is -0.382 e. The number of rotatable bonds is 5. The summed E-state index contributed by atoms with van der Waals surface area (Å²) in [7, 11) is 0. The quantitative estimate of drug-likeness (QED) is 0.376. The molecule has 2 aromatic carbocycles. The molecule has 1 unspecified atom stereocenters. The zero-order valence-corrected chi connectivity index (χ0v) is 21.1. The molecule has 1 aliphatic carbocycles. The molecule has 2 fully saturated rings. The van der Waals surface area contributed by atoms with Gasteiger partial charge in [0.2, 0.25) is 5.91 Å². The number of amides is 1. The first-order valence-electron chi connectivity index (χ1n) is 13.2. The molecule has 5 aromatic rings. The Kier molecular flexibility index (Phi) is 5.23. The van der Waals surface area contributed by atoms with Gasteiger partial charge in [0.1, 0.15) is 11.8 Å². The maximum absolute atomic E-state index is 13.0. The first-order chi connectivity index (χ1) is 18.5. The Morgan fingerprint density at radius 2 is 1.95 bits per heavy atom. The summed E-state index contributed by atoms with van der Waals surface area (Å²) < 4.78 is 3.88. The number of anilines is 1. The van der Waals surface area contributed by atoms with Gasteiger partial charge >= 0.3 is 0 Å². The van der Waals surface area contributed by atoms with Crippen LogP contribution in [0.3, 0.4) is 0 Å². The van der Waals surface area contributed by atoms with Crippen LogP contribution in [0.25, 0.3) is 27.5 Å². The molecule has 7 rings (SSSR count). The summed E-state index contributed by atoms with van der Waals surface area (Å²) in [5, 5.41) is 10.5. The highest BCUT2D eigenvalue weighted by molar-refractivity contribution is 5.93. The predicted molar refractivity (Wildman–Crippen MR) is 146 cm³/mol. The Labute approximate surface area is 220 Å². The molecule has 1 aliphatic heterocycles. The van der Waals surface area contributed by atoms with Crippen LogP contribution in [0.5, 0.6) is 0 Å². The van der Waals surface area contributed by atoms with Crippen molar-refractivity contribution in [3.05, 3.63) is 78.4 Å². The zero-order valence-electron chi connectivity index (χ0n) is 21.1. The van der Waals surface area contributed by atoms with Crippen molar-refractivity contribution in [2.45, 2.75) is 43.7 Å². The number of aromatic nitrogens is 5. The van der Waals surface area contributed by atoms with Gasteiger partial charge < -0.3 is 16.4 Å². The van der Waals surface area contributed by atoms with Crippen LogP contribution in [-0.4, -0.2) is 53.8 Å². The van der Waals surface area contributed by atoms with E-state index < -0.39 is 5.54 Å². The first kappa shape index (κ1) is 22.9. The number of piperidine rings is 1. The van der Waals surface area contributed by atoms with Gasteiger partial charge in [0.15, 0.2) is 5.82 Å². The Morgan fingerprint density at radius 1 is 1.11 bits per heavy atom. The molecule has 1 saturated heterocycles. The van der Waals surface area contributed by atoms with Gasteiger partial charge in [-0.3, -0.25) is 9.48 Å². The Hall–Kier alpha value is -4.24. The summed E-state index contributed by atoms with van der Waals surface area (Å²) in [6.45, 7) is 2.10. The minimum absolute atomic E-state index is 0.0777. The molecule has 1 amide bonds. The Bertz CT molecular complexity index is 1670. The molecule has 4 heterocycles. The number of fused-ring (bicyclic) bond motifs is 2. The molecule has 9 heteroatoms. The highest BCUT2D eigenvalue weighted by atomic mass is 16.2. The van der Waals surface area contributed by atoms with Crippen LogP contribution in [0.2, 0.25) is 0 Å². The number of carbonyl (C=O) groups is 1. The number of nitrogens with zero attached hydrogens (tertiary/aromatic N) is 6. The second kappa shape index (κ2) is 8.66. The van der Waals surface area contributed by atoms with Crippen LogP contribution in [0, 0.1) is 0 Å². The van der Waals surface area contributed by atoms with E-state index in [1.807, 2.05) is 32.3 Å². The number of likely N-dealkylation sites (tertiary alicyclic amines) is 1. The molecule has 192 valence electrons. The van der Waals surface area contributed by atoms with Crippen LogP contribution in [-0.2, 0) is 11.3 Å². The standard InChI is InChI=1S/C29H30N8O/c30-27-26-23(20-8-9-21-17-36(34-24(21)13-20)15-19-5-2-1-3-6-19)14-25(37(26)33-18-32-27)22-7-4-12-35(16-22)28(38)29(31)10-11-29/h1-3,5-6,8-9,13-14,17-18,22H,4,7,10-12,15-16,31H2,(H2,30,32,33). The molecule has 38 heavy (non-hydrogen) atoms. The van der Waals surface area contributed by atoms with Gasteiger partial charge in [0.25, 0.3) is 0 Å². The lowest BCUT2D eigenvalue weighted by Gasteiger charge is -2.34. The Morgan fingerprint density at radius 3 is 2.76 bits per heavy atom. The molecule has 0 radical (unpaired) electrons. The van der Waals surface area contributed by atoms with E-state index in [2.05, 4.69) is 52.7 Å². The van der Waals surface area contributed by atoms with Gasteiger partial charge in [0.05, 0.1) is 17.6 Å². The monoisotopic (exact) mass is 506 g/mol. The lowest BCUT2D eigenvalue weighted by molar-refractivity contribution is -0.134. The van der Waals surface area contributed by atoms with Gasteiger partial charge in [-0.15, -0.1) is 0 Å². The maximum atomic E-state index is 13.0. The molecule has 2 aliphatic rings. The molecular weight excluding hydrogens is 476 g/mol. The highest BCUT2D eigenvalue weighted by Crippen LogP contribution is 2.39. The molecule has 1 saturated carbocycles. The van der Waals surface area contributed by atoms with Crippen molar-refractivity contribution >= 4 is 28.1 Å². The summed E-state index contributed by atoms with van der Waals surface area (Å²) in [6, 6.07) is 18.8. The second-order valence-electron chi connectivity index (χ2n) is 10.7. The molecular formula is C29H30N8O. The fraction of sp³-hybridized carbons (Fsp3) is 0.310. The third kappa shape index (κ3) is 3.90. The SMILES string of the molecule is Nc1ncnn2c(C3CCCN(C(=O)C4(N)CC4)C3)cc(-c3ccc4cn(Cc5ccccc5)nc4c3)c12. The molecule has 1 atom stereocenters. The zero-order chi connectivity index (χ0) is 25.9. The van der Waals surface area contributed by atoms with Crippen molar-refractivity contribution in [2.24, 2.45) is 5.73 Å². The molecule has 0 bridgehead atoms. The third-order valence-corrected chi connectivity index (χ3v) is 8.00. The topological polar surface area (TPSA) is 120 Å². The van der Waals surface area contributed by atoms with Gasteiger partial charge in [-0.2, -0.15) is 10.2 Å². The van der Waals surface area contributed by atoms with Crippen LogP contribution >= 0.6 is 0 Å². The van der Waals surface area contributed by atoms with Crippen LogP contribution in [0.4, 0.5) is 5.82 Å². The smallest absolute Gasteiger partial charge is 0.242 e. The van der Waals surface area contributed by atoms with E-state index in [1.54, 1.807) is 0 Å². The Balaban J connectivity index is 1.25. The van der Waals surface area contributed by atoms with Gasteiger partial charge in [0, 0.05) is 41.8 Å². The molecule has 4 N–H and O–H groups in total. The number of hydrogen-bond acceptors (Lipinski definition) is 6. The fourth-order valence-electron chi connectivity index (χ4n) is 5.76. The van der Waals surface area contributed by atoms with Crippen molar-refractivity contribution in [1.29, 1.82) is 0 Å². The molecule has 0 spiro atoms. The van der Waals surface area contributed by atoms with E-state index in [4.69, 9.17) is 16.6 Å². The van der Waals surface area contributed by atoms with Gasteiger partial charge in [-0.25, -0.2) is 9.50 Å². The van der Waals surface area contributed by atoms with E-state index in [0.717, 1.165) is 65.5 Å². The summed E-state index contributed by atoms with van der Waals surface area (Å²) >= 11 is 0. The average Bonchev–Trinajstić information content (AvgIpc) is 3.38. The minimum atomic E-state index is -0.653. The van der Waals surface area contributed by atoms with Crippen molar-refractivity contribution in [3.63, 3.8) is 0 Å². The summed E-state index contributed by atoms with van der Waals surface area (Å²) in [5.41, 5.74) is 17.9. The van der Waals surface area contributed by atoms with Crippen molar-refractivity contribution in [2.75, 3.05) is 18.8 Å². The van der Waals surface area contributed by atoms with Gasteiger partial charge in [-0.05, 0) is 48.9 Å². The number of carbonyl (C=O) groups excluding carboxylic acids is 1. The fourth-order valence-corrected chi connectivity index (χ4v) is 5.76. The van der Waals surface area contributed by atoms with E-state index in [0.29, 0.717) is 18.9 Å². The highest BCUT2D eigenvalue weighted by Gasteiger charge is 2.48. The van der Waals surface area contributed by atoms with Gasteiger partial charge in [-0.1, -0.05) is 42.5 Å². The summed E-state index contributed by atoms with van der Waals surface area (Å²) in [4.78, 5) is 19.2. The first-order valence-corrected chi connectivity index (χ1v) is 13.2. The van der Waals surface area contributed by atoms with Crippen LogP contribution in [0.1, 0.15) is 42.9 Å². The van der Waals surface area contributed by atoms with E-state index in [9.17, 15) is 4.79 Å². The van der Waals surface area contributed by atoms with E-state index >= 15 is 0 Å². The number of benzene rings is 2. The second-order valence-corrected chi connectivity index (χ2v) is 10.7.